The molecule has 1 heterocycles. The van der Waals surface area contributed by atoms with E-state index < -0.39 is 0 Å². The summed E-state index contributed by atoms with van der Waals surface area (Å²) in [5.74, 6) is 0. The maximum Gasteiger partial charge on any atom is 0.131 e. The Bertz CT molecular complexity index is 286. The van der Waals surface area contributed by atoms with Crippen molar-refractivity contribution in [1.82, 2.24) is 0 Å². The molecule has 52 valence electrons. The van der Waals surface area contributed by atoms with Gasteiger partial charge in [0.25, 0.3) is 0 Å². The van der Waals surface area contributed by atoms with E-state index in [1.54, 1.807) is 0 Å². The van der Waals surface area contributed by atoms with Gasteiger partial charge in [-0.2, -0.15) is 4.99 Å². The highest BCUT2D eigenvalue weighted by atomic mass is 35.5. The molecule has 1 nitrogen and oxygen atoms in total. The van der Waals surface area contributed by atoms with Crippen LogP contribution in [0.2, 0.25) is 4.34 Å². The number of thiophene rings is 1. The molecule has 0 spiro atoms. The molecule has 10 heavy (non-hydrogen) atoms. The van der Waals surface area contributed by atoms with E-state index in [9.17, 15) is 0 Å². The summed E-state index contributed by atoms with van der Waals surface area (Å²) in [4.78, 5) is 3.83. The number of isothiocyanates is 1. The molecule has 0 N–H and O–H groups in total. The Morgan fingerprint density at radius 3 is 2.90 bits per heavy atom. The molecule has 0 fully saturated rings. The summed E-state index contributed by atoms with van der Waals surface area (Å²) in [6, 6.07) is 1.86. The van der Waals surface area contributed by atoms with Gasteiger partial charge in [0, 0.05) is 0 Å². The van der Waals surface area contributed by atoms with Crippen LogP contribution in [0.1, 0.15) is 5.56 Å². The summed E-state index contributed by atoms with van der Waals surface area (Å²) < 4.78 is 0.738. The van der Waals surface area contributed by atoms with E-state index in [1.165, 1.54) is 11.3 Å². The van der Waals surface area contributed by atoms with Crippen molar-refractivity contribution in [2.45, 2.75) is 6.92 Å². The number of nitrogens with zero attached hydrogens (tertiary/aromatic N) is 1. The third-order valence-electron chi connectivity index (χ3n) is 1.01. The second kappa shape index (κ2) is 3.26. The normalized spacial score (nSPS) is 9.00. The van der Waals surface area contributed by atoms with Crippen molar-refractivity contribution < 1.29 is 0 Å². The minimum atomic E-state index is 0.738. The van der Waals surface area contributed by atoms with E-state index in [2.05, 4.69) is 22.4 Å². The van der Waals surface area contributed by atoms with Gasteiger partial charge >= 0.3 is 0 Å². The van der Waals surface area contributed by atoms with Gasteiger partial charge in [-0.05, 0) is 30.8 Å². The van der Waals surface area contributed by atoms with E-state index >= 15 is 0 Å². The fourth-order valence-electron chi connectivity index (χ4n) is 0.587. The zero-order chi connectivity index (χ0) is 7.56. The molecule has 1 aromatic heterocycles. The third kappa shape index (κ3) is 1.64. The van der Waals surface area contributed by atoms with Gasteiger partial charge in [0.2, 0.25) is 0 Å². The third-order valence-corrected chi connectivity index (χ3v) is 2.36. The quantitative estimate of drug-likeness (QED) is 0.487. The van der Waals surface area contributed by atoms with Crippen molar-refractivity contribution >= 4 is 45.3 Å². The highest BCUT2D eigenvalue weighted by Crippen LogP contribution is 2.32. The smallest absolute Gasteiger partial charge is 0.131 e. The van der Waals surface area contributed by atoms with Crippen LogP contribution in [0.15, 0.2) is 11.1 Å². The minimum absolute atomic E-state index is 0.738. The summed E-state index contributed by atoms with van der Waals surface area (Å²) in [7, 11) is 0. The Morgan fingerprint density at radius 1 is 1.80 bits per heavy atom. The van der Waals surface area contributed by atoms with Gasteiger partial charge in [-0.15, -0.1) is 11.3 Å². The number of aryl methyl sites for hydroxylation is 1. The summed E-state index contributed by atoms with van der Waals surface area (Å²) >= 11 is 11.6. The first-order valence-corrected chi connectivity index (χ1v) is 4.18. The first-order valence-electron chi connectivity index (χ1n) is 2.58. The zero-order valence-corrected chi connectivity index (χ0v) is 7.61. The Hall–Kier alpha value is -0.210. The second-order valence-corrected chi connectivity index (χ2v) is 3.59. The van der Waals surface area contributed by atoms with Crippen LogP contribution in [0.3, 0.4) is 0 Å². The van der Waals surface area contributed by atoms with E-state index in [-0.39, 0.29) is 0 Å². The largest absolute Gasteiger partial charge is 0.183 e. The van der Waals surface area contributed by atoms with Crippen LogP contribution in [0, 0.1) is 6.92 Å². The number of halogens is 1. The molecule has 1 rings (SSSR count). The van der Waals surface area contributed by atoms with Crippen LogP contribution in [0.4, 0.5) is 5.00 Å². The van der Waals surface area contributed by atoms with E-state index in [1.807, 2.05) is 13.0 Å². The molecule has 0 aliphatic rings. The van der Waals surface area contributed by atoms with Crippen LogP contribution in [-0.2, 0) is 0 Å². The van der Waals surface area contributed by atoms with Crippen molar-refractivity contribution in [2.75, 3.05) is 0 Å². The molecule has 0 bridgehead atoms. The summed E-state index contributed by atoms with van der Waals surface area (Å²) in [6.07, 6.45) is 0. The van der Waals surface area contributed by atoms with Gasteiger partial charge in [-0.25, -0.2) is 0 Å². The number of hydrogen-bond acceptors (Lipinski definition) is 3. The fourth-order valence-corrected chi connectivity index (χ4v) is 1.85. The van der Waals surface area contributed by atoms with Gasteiger partial charge in [0.05, 0.1) is 9.50 Å². The molecule has 0 atom stereocenters. The highest BCUT2D eigenvalue weighted by Gasteiger charge is 2.00. The molecule has 1 aromatic rings. The monoisotopic (exact) mass is 189 g/mol. The Balaban J connectivity index is 3.14. The number of aliphatic imine (C=N–C) groups is 1. The summed E-state index contributed by atoms with van der Waals surface area (Å²) in [5.41, 5.74) is 1.05. The molecule has 0 aromatic carbocycles. The lowest BCUT2D eigenvalue weighted by atomic mass is 10.4. The van der Waals surface area contributed by atoms with E-state index in [0.717, 1.165) is 14.9 Å². The molecule has 0 unspecified atom stereocenters. The van der Waals surface area contributed by atoms with Crippen LogP contribution >= 0.6 is 35.2 Å². The minimum Gasteiger partial charge on any atom is -0.183 e. The highest BCUT2D eigenvalue weighted by molar-refractivity contribution is 7.78. The van der Waals surface area contributed by atoms with Gasteiger partial charge in [0.1, 0.15) is 5.00 Å². The summed E-state index contributed by atoms with van der Waals surface area (Å²) in [5, 5.41) is 3.15. The first kappa shape index (κ1) is 7.89. The molecule has 0 saturated carbocycles. The number of hydrogen-bond donors (Lipinski definition) is 0. The predicted octanol–water partition coefficient (Wildman–Crippen LogP) is 3.44. The Labute approximate surface area is 73.4 Å². The molecule has 0 aliphatic heterocycles. The topological polar surface area (TPSA) is 12.4 Å². The maximum absolute atomic E-state index is 5.70. The van der Waals surface area contributed by atoms with Crippen LogP contribution in [0.25, 0.3) is 0 Å². The number of thiocarbonyl (C=S) groups is 1. The van der Waals surface area contributed by atoms with Crippen molar-refractivity contribution in [3.8, 4) is 0 Å². The molecular formula is C6H4ClNS2. The number of rotatable bonds is 1. The second-order valence-electron chi connectivity index (χ2n) is 1.74. The van der Waals surface area contributed by atoms with Crippen LogP contribution in [0.5, 0.6) is 0 Å². The van der Waals surface area contributed by atoms with Crippen LogP contribution in [-0.4, -0.2) is 5.16 Å². The summed E-state index contributed by atoms with van der Waals surface area (Å²) in [6.45, 7) is 1.94. The lowest BCUT2D eigenvalue weighted by molar-refractivity contribution is 1.50. The van der Waals surface area contributed by atoms with Crippen molar-refractivity contribution in [3.05, 3.63) is 16.0 Å². The lowest BCUT2D eigenvalue weighted by Gasteiger charge is -1.81. The average molecular weight is 190 g/mol. The van der Waals surface area contributed by atoms with E-state index in [4.69, 9.17) is 11.6 Å². The van der Waals surface area contributed by atoms with Crippen LogP contribution < -0.4 is 0 Å². The van der Waals surface area contributed by atoms with Gasteiger partial charge < -0.3 is 0 Å². The molecule has 0 radical (unpaired) electrons. The van der Waals surface area contributed by atoms with Crippen molar-refractivity contribution in [3.63, 3.8) is 0 Å². The average Bonchev–Trinajstić information content (AvgIpc) is 2.13. The van der Waals surface area contributed by atoms with Gasteiger partial charge in [0.15, 0.2) is 0 Å². The Morgan fingerprint density at radius 2 is 2.50 bits per heavy atom. The van der Waals surface area contributed by atoms with E-state index in [0.29, 0.717) is 0 Å². The fraction of sp³-hybridized carbons (Fsp3) is 0.167. The first-order chi connectivity index (χ1) is 4.74. The maximum atomic E-state index is 5.70. The standard InChI is InChI=1S/C6H4ClNS2/c1-4-2-5(7)10-6(4)8-3-9/h2H,1H3. The SMILES string of the molecule is Cc1cc(Cl)sc1N=C=S. The molecular weight excluding hydrogens is 186 g/mol. The molecule has 4 heteroatoms. The van der Waals surface area contributed by atoms with Gasteiger partial charge in [-0.1, -0.05) is 11.6 Å². The predicted molar refractivity (Wildman–Crippen MR) is 48.8 cm³/mol. The van der Waals surface area contributed by atoms with Gasteiger partial charge in [-0.3, -0.25) is 0 Å². The Kier molecular flexibility index (Phi) is 2.57. The lowest BCUT2D eigenvalue weighted by Crippen LogP contribution is -1.57. The molecule has 0 saturated heterocycles. The zero-order valence-electron chi connectivity index (χ0n) is 5.22. The van der Waals surface area contributed by atoms with Crippen molar-refractivity contribution in [1.29, 1.82) is 0 Å². The van der Waals surface area contributed by atoms with Crippen molar-refractivity contribution in [2.24, 2.45) is 4.99 Å². The molecule has 0 aliphatic carbocycles. The molecule has 0 amide bonds.